The molecule has 0 spiro atoms. The molecule has 7 heteroatoms. The standard InChI is InChI=1S/C9H18N2O4S/c1-16(14,15)11-8-4-2-7(3-5-8)6-10-9(12)13/h7-8,10-11H,2-6H2,1H3,(H,12,13). The molecule has 0 atom stereocenters. The van der Waals surface area contributed by atoms with Crippen LogP contribution in [-0.2, 0) is 10.0 Å². The summed E-state index contributed by atoms with van der Waals surface area (Å²) in [4.78, 5) is 10.3. The van der Waals surface area contributed by atoms with Gasteiger partial charge in [0.1, 0.15) is 0 Å². The van der Waals surface area contributed by atoms with E-state index in [-0.39, 0.29) is 6.04 Å². The van der Waals surface area contributed by atoms with Gasteiger partial charge in [-0.1, -0.05) is 0 Å². The van der Waals surface area contributed by atoms with E-state index in [2.05, 4.69) is 10.0 Å². The van der Waals surface area contributed by atoms with Gasteiger partial charge in [-0.2, -0.15) is 0 Å². The van der Waals surface area contributed by atoms with E-state index in [9.17, 15) is 13.2 Å². The Bertz CT molecular complexity index is 333. The number of hydrogen-bond donors (Lipinski definition) is 3. The Morgan fingerprint density at radius 3 is 2.31 bits per heavy atom. The number of sulfonamides is 1. The van der Waals surface area contributed by atoms with Crippen LogP contribution in [0.25, 0.3) is 0 Å². The van der Waals surface area contributed by atoms with E-state index in [0.29, 0.717) is 12.5 Å². The van der Waals surface area contributed by atoms with Crippen molar-refractivity contribution in [2.45, 2.75) is 31.7 Å². The Morgan fingerprint density at radius 2 is 1.88 bits per heavy atom. The molecule has 0 saturated heterocycles. The van der Waals surface area contributed by atoms with Crippen molar-refractivity contribution in [2.75, 3.05) is 12.8 Å². The third-order valence-corrected chi connectivity index (χ3v) is 3.53. The third kappa shape index (κ3) is 5.32. The second kappa shape index (κ2) is 5.49. The lowest BCUT2D eigenvalue weighted by Gasteiger charge is -2.28. The van der Waals surface area contributed by atoms with E-state index >= 15 is 0 Å². The Labute approximate surface area is 95.5 Å². The average Bonchev–Trinajstić information content (AvgIpc) is 2.14. The first-order valence-corrected chi connectivity index (χ1v) is 7.20. The van der Waals surface area contributed by atoms with Crippen LogP contribution in [0.2, 0.25) is 0 Å². The van der Waals surface area contributed by atoms with E-state index in [1.807, 2.05) is 0 Å². The third-order valence-electron chi connectivity index (χ3n) is 2.77. The first kappa shape index (κ1) is 13.2. The topological polar surface area (TPSA) is 95.5 Å². The van der Waals surface area contributed by atoms with Crippen molar-refractivity contribution < 1.29 is 18.3 Å². The molecule has 0 aromatic heterocycles. The summed E-state index contributed by atoms with van der Waals surface area (Å²) in [7, 11) is -3.13. The number of carbonyl (C=O) groups is 1. The van der Waals surface area contributed by atoms with Crippen LogP contribution in [0.3, 0.4) is 0 Å². The van der Waals surface area contributed by atoms with Crippen LogP contribution in [-0.4, -0.2) is 38.5 Å². The Kier molecular flexibility index (Phi) is 4.55. The fourth-order valence-corrected chi connectivity index (χ4v) is 2.86. The fourth-order valence-electron chi connectivity index (χ4n) is 2.02. The molecule has 0 aliphatic heterocycles. The van der Waals surface area contributed by atoms with Gasteiger partial charge in [0.2, 0.25) is 10.0 Å². The van der Waals surface area contributed by atoms with Crippen LogP contribution in [0.5, 0.6) is 0 Å². The number of rotatable bonds is 4. The molecule has 0 unspecified atom stereocenters. The van der Waals surface area contributed by atoms with Gasteiger partial charge in [0, 0.05) is 12.6 Å². The zero-order chi connectivity index (χ0) is 12.2. The molecular formula is C9H18N2O4S. The molecule has 1 amide bonds. The van der Waals surface area contributed by atoms with Gasteiger partial charge in [-0.15, -0.1) is 0 Å². The predicted octanol–water partition coefficient (Wildman–Crippen LogP) is 0.362. The average molecular weight is 250 g/mol. The highest BCUT2D eigenvalue weighted by Crippen LogP contribution is 2.23. The molecule has 16 heavy (non-hydrogen) atoms. The fraction of sp³-hybridized carbons (Fsp3) is 0.889. The number of hydrogen-bond acceptors (Lipinski definition) is 3. The highest BCUT2D eigenvalue weighted by molar-refractivity contribution is 7.88. The van der Waals surface area contributed by atoms with Gasteiger partial charge in [-0.05, 0) is 31.6 Å². The lowest BCUT2D eigenvalue weighted by atomic mass is 9.86. The first-order chi connectivity index (χ1) is 7.37. The molecule has 94 valence electrons. The second-order valence-electron chi connectivity index (χ2n) is 4.29. The molecule has 6 nitrogen and oxygen atoms in total. The highest BCUT2D eigenvalue weighted by atomic mass is 32.2. The molecule has 1 aliphatic carbocycles. The lowest BCUT2D eigenvalue weighted by molar-refractivity contribution is 0.189. The highest BCUT2D eigenvalue weighted by Gasteiger charge is 2.23. The van der Waals surface area contributed by atoms with Crippen LogP contribution >= 0.6 is 0 Å². The smallest absolute Gasteiger partial charge is 0.404 e. The van der Waals surface area contributed by atoms with Crippen molar-refractivity contribution >= 4 is 16.1 Å². The molecule has 0 aromatic carbocycles. The minimum Gasteiger partial charge on any atom is -0.465 e. The van der Waals surface area contributed by atoms with Crippen molar-refractivity contribution in [3.63, 3.8) is 0 Å². The van der Waals surface area contributed by atoms with Crippen molar-refractivity contribution in [1.82, 2.24) is 10.0 Å². The van der Waals surface area contributed by atoms with Gasteiger partial charge >= 0.3 is 6.09 Å². The summed E-state index contributed by atoms with van der Waals surface area (Å²) in [6.45, 7) is 0.459. The Morgan fingerprint density at radius 1 is 1.31 bits per heavy atom. The molecule has 1 rings (SSSR count). The molecule has 3 N–H and O–H groups in total. The normalized spacial score (nSPS) is 26.3. The molecule has 0 bridgehead atoms. The zero-order valence-corrected chi connectivity index (χ0v) is 10.1. The lowest BCUT2D eigenvalue weighted by Crippen LogP contribution is -2.39. The summed E-state index contributed by atoms with van der Waals surface area (Å²) in [6.07, 6.45) is 3.42. The number of nitrogens with one attached hydrogen (secondary N) is 2. The van der Waals surface area contributed by atoms with Crippen molar-refractivity contribution in [3.8, 4) is 0 Å². The largest absolute Gasteiger partial charge is 0.465 e. The van der Waals surface area contributed by atoms with Crippen LogP contribution in [0, 0.1) is 5.92 Å². The molecule has 1 fully saturated rings. The van der Waals surface area contributed by atoms with Gasteiger partial charge in [0.05, 0.1) is 6.26 Å². The SMILES string of the molecule is CS(=O)(=O)NC1CCC(CNC(=O)O)CC1. The molecule has 0 aromatic rings. The van der Waals surface area contributed by atoms with Crippen molar-refractivity contribution in [1.29, 1.82) is 0 Å². The molecule has 1 aliphatic rings. The van der Waals surface area contributed by atoms with E-state index in [4.69, 9.17) is 5.11 Å². The van der Waals surface area contributed by atoms with Crippen LogP contribution in [0.4, 0.5) is 4.79 Å². The van der Waals surface area contributed by atoms with E-state index in [1.165, 1.54) is 0 Å². The van der Waals surface area contributed by atoms with Gasteiger partial charge in [-0.25, -0.2) is 17.9 Å². The number of amides is 1. The van der Waals surface area contributed by atoms with Crippen molar-refractivity contribution in [3.05, 3.63) is 0 Å². The maximum atomic E-state index is 11.0. The summed E-state index contributed by atoms with van der Waals surface area (Å²) in [5.74, 6) is 0.328. The van der Waals surface area contributed by atoms with Crippen LogP contribution in [0.15, 0.2) is 0 Å². The molecular weight excluding hydrogens is 232 g/mol. The van der Waals surface area contributed by atoms with Crippen LogP contribution < -0.4 is 10.0 Å². The van der Waals surface area contributed by atoms with Crippen LogP contribution in [0.1, 0.15) is 25.7 Å². The maximum Gasteiger partial charge on any atom is 0.404 e. The van der Waals surface area contributed by atoms with Gasteiger partial charge in [0.25, 0.3) is 0 Å². The predicted molar refractivity (Wildman–Crippen MR) is 59.8 cm³/mol. The maximum absolute atomic E-state index is 11.0. The van der Waals surface area contributed by atoms with E-state index in [1.54, 1.807) is 0 Å². The Balaban J connectivity index is 2.26. The molecule has 0 radical (unpaired) electrons. The van der Waals surface area contributed by atoms with Gasteiger partial charge in [-0.3, -0.25) is 0 Å². The van der Waals surface area contributed by atoms with Crippen molar-refractivity contribution in [2.24, 2.45) is 5.92 Å². The van der Waals surface area contributed by atoms with E-state index in [0.717, 1.165) is 31.9 Å². The molecule has 0 heterocycles. The summed E-state index contributed by atoms with van der Waals surface area (Å²) in [6, 6.07) is 0.0103. The second-order valence-corrected chi connectivity index (χ2v) is 6.07. The summed E-state index contributed by atoms with van der Waals surface area (Å²) in [5.41, 5.74) is 0. The zero-order valence-electron chi connectivity index (χ0n) is 9.27. The summed E-state index contributed by atoms with van der Waals surface area (Å²) < 4.78 is 24.6. The monoisotopic (exact) mass is 250 g/mol. The van der Waals surface area contributed by atoms with Gasteiger partial charge in [0.15, 0.2) is 0 Å². The summed E-state index contributed by atoms with van der Waals surface area (Å²) in [5, 5.41) is 10.8. The first-order valence-electron chi connectivity index (χ1n) is 5.31. The number of carboxylic acid groups (broad SMARTS) is 1. The summed E-state index contributed by atoms with van der Waals surface area (Å²) >= 11 is 0. The Hall–Kier alpha value is -0.820. The molecule has 1 saturated carbocycles. The minimum atomic E-state index is -3.13. The quantitative estimate of drug-likeness (QED) is 0.671. The minimum absolute atomic E-state index is 0.0103. The van der Waals surface area contributed by atoms with Gasteiger partial charge < -0.3 is 10.4 Å². The van der Waals surface area contributed by atoms with E-state index < -0.39 is 16.1 Å².